The first-order valence-corrected chi connectivity index (χ1v) is 8.78. The summed E-state index contributed by atoms with van der Waals surface area (Å²) >= 11 is 0. The van der Waals surface area contributed by atoms with E-state index in [0.29, 0.717) is 12.1 Å². The maximum atomic E-state index is 11.2. The van der Waals surface area contributed by atoms with Crippen molar-refractivity contribution >= 4 is 30.0 Å². The van der Waals surface area contributed by atoms with Crippen LogP contribution in [0.3, 0.4) is 0 Å². The Morgan fingerprint density at radius 1 is 1.25 bits per heavy atom. The summed E-state index contributed by atoms with van der Waals surface area (Å²) in [6.07, 6.45) is 1.84. The number of hydrogen-bond donors (Lipinski definition) is 2. The fourth-order valence-electron chi connectivity index (χ4n) is 3.00. The number of anilines is 1. The van der Waals surface area contributed by atoms with Gasteiger partial charge in [-0.1, -0.05) is 24.3 Å². The fourth-order valence-corrected chi connectivity index (χ4v) is 3.00. The van der Waals surface area contributed by atoms with Gasteiger partial charge in [0.1, 0.15) is 12.4 Å². The molecule has 1 aromatic carbocycles. The number of piperidine rings is 1. The van der Waals surface area contributed by atoms with Gasteiger partial charge >= 0.3 is 5.97 Å². The van der Waals surface area contributed by atoms with Crippen molar-refractivity contribution in [3.63, 3.8) is 0 Å². The van der Waals surface area contributed by atoms with Gasteiger partial charge in [0.05, 0.1) is 18.9 Å². The van der Waals surface area contributed by atoms with Crippen molar-refractivity contribution in [3.05, 3.63) is 42.0 Å². The molecule has 1 unspecified atom stereocenters. The first-order valence-electron chi connectivity index (χ1n) is 8.78. The lowest BCUT2D eigenvalue weighted by atomic mass is 10.1. The van der Waals surface area contributed by atoms with Crippen LogP contribution >= 0.6 is 12.4 Å². The van der Waals surface area contributed by atoms with Crippen LogP contribution in [0.25, 0.3) is 11.3 Å². The van der Waals surface area contributed by atoms with Crippen LogP contribution in [0, 0.1) is 5.41 Å². The lowest BCUT2D eigenvalue weighted by molar-refractivity contribution is -0.148. The molecule has 9 heteroatoms. The van der Waals surface area contributed by atoms with Crippen LogP contribution in [0.4, 0.5) is 5.82 Å². The predicted octanol–water partition coefficient (Wildman–Crippen LogP) is 2.01. The minimum absolute atomic E-state index is 0. The molecule has 1 aromatic heterocycles. The summed E-state index contributed by atoms with van der Waals surface area (Å²) in [6, 6.07) is 11.2. The number of halogens is 1. The highest BCUT2D eigenvalue weighted by molar-refractivity contribution is 5.95. The Kier molecular flexibility index (Phi) is 7.71. The molecule has 1 aliphatic heterocycles. The summed E-state index contributed by atoms with van der Waals surface area (Å²) in [5, 5.41) is 16.1. The van der Waals surface area contributed by atoms with Crippen LogP contribution in [0.2, 0.25) is 0 Å². The van der Waals surface area contributed by atoms with E-state index in [1.54, 1.807) is 12.1 Å². The third-order valence-electron chi connectivity index (χ3n) is 4.51. The van der Waals surface area contributed by atoms with Crippen LogP contribution in [0.15, 0.2) is 36.4 Å². The number of nitrogen functional groups attached to an aromatic ring is 1. The Bertz CT molecular complexity index is 798. The van der Waals surface area contributed by atoms with Crippen LogP contribution < -0.4 is 10.6 Å². The number of carbonyl (C=O) groups excluding carboxylic acids is 1. The van der Waals surface area contributed by atoms with E-state index in [2.05, 4.69) is 19.8 Å². The maximum Gasteiger partial charge on any atom is 0.331 e. The average molecular weight is 406 g/mol. The van der Waals surface area contributed by atoms with Gasteiger partial charge in [-0.15, -0.1) is 22.6 Å². The standard InChI is InChI=1S/C19H23N5O3.ClH/c1-26-18(25)12-27-15-3-2-10-24(11-15)17-9-8-16(22-23-17)13-4-6-14(7-5-13)19(20)21;/h4-9,15H,2-3,10-12H2,1H3,(H3,20,21);1H. The van der Waals surface area contributed by atoms with Crippen LogP contribution in [-0.4, -0.2) is 54.9 Å². The Hall–Kier alpha value is -2.71. The van der Waals surface area contributed by atoms with E-state index >= 15 is 0 Å². The average Bonchev–Trinajstić information content (AvgIpc) is 2.72. The minimum Gasteiger partial charge on any atom is -0.467 e. The van der Waals surface area contributed by atoms with Gasteiger partial charge < -0.3 is 20.1 Å². The summed E-state index contributed by atoms with van der Waals surface area (Å²) in [5.74, 6) is 0.453. The highest BCUT2D eigenvalue weighted by atomic mass is 35.5. The molecule has 1 fully saturated rings. The van der Waals surface area contributed by atoms with E-state index in [-0.39, 0.29) is 36.9 Å². The zero-order valence-electron chi connectivity index (χ0n) is 15.6. The third-order valence-corrected chi connectivity index (χ3v) is 4.51. The zero-order chi connectivity index (χ0) is 19.2. The number of carbonyl (C=O) groups is 1. The second kappa shape index (κ2) is 10.0. The Labute approximate surface area is 170 Å². The first-order chi connectivity index (χ1) is 13.1. The number of amidine groups is 1. The number of esters is 1. The number of aromatic nitrogens is 2. The smallest absolute Gasteiger partial charge is 0.331 e. The van der Waals surface area contributed by atoms with Gasteiger partial charge in [-0.3, -0.25) is 5.41 Å². The van der Waals surface area contributed by atoms with Gasteiger partial charge in [0.15, 0.2) is 5.82 Å². The molecule has 0 bridgehead atoms. The number of rotatable bonds is 6. The third kappa shape index (κ3) is 5.40. The number of nitrogens with zero attached hydrogens (tertiary/aromatic N) is 3. The maximum absolute atomic E-state index is 11.2. The normalized spacial score (nSPS) is 16.2. The van der Waals surface area contributed by atoms with E-state index in [9.17, 15) is 4.79 Å². The largest absolute Gasteiger partial charge is 0.467 e. The minimum atomic E-state index is -0.368. The Morgan fingerprint density at radius 3 is 2.61 bits per heavy atom. The second-order valence-corrected chi connectivity index (χ2v) is 6.37. The molecule has 2 heterocycles. The highest BCUT2D eigenvalue weighted by Crippen LogP contribution is 2.22. The zero-order valence-corrected chi connectivity index (χ0v) is 16.4. The lowest BCUT2D eigenvalue weighted by Gasteiger charge is -2.32. The van der Waals surface area contributed by atoms with Gasteiger partial charge in [0.25, 0.3) is 0 Å². The number of nitrogens with two attached hydrogens (primary N) is 1. The first kappa shape index (κ1) is 21.6. The Balaban J connectivity index is 0.00000280. The van der Waals surface area contributed by atoms with Gasteiger partial charge in [0, 0.05) is 24.2 Å². The number of nitrogens with one attached hydrogen (secondary N) is 1. The van der Waals surface area contributed by atoms with Crippen LogP contribution in [0.1, 0.15) is 18.4 Å². The van der Waals surface area contributed by atoms with Crippen molar-refractivity contribution in [2.75, 3.05) is 31.7 Å². The van der Waals surface area contributed by atoms with Crippen molar-refractivity contribution in [2.45, 2.75) is 18.9 Å². The summed E-state index contributed by atoms with van der Waals surface area (Å²) in [6.45, 7) is 1.51. The van der Waals surface area contributed by atoms with Crippen molar-refractivity contribution in [1.82, 2.24) is 10.2 Å². The SMILES string of the molecule is COC(=O)COC1CCCN(c2ccc(-c3ccc(C(=N)N)cc3)nn2)C1.Cl. The quantitative estimate of drug-likeness (QED) is 0.429. The molecule has 8 nitrogen and oxygen atoms in total. The van der Waals surface area contributed by atoms with Gasteiger partial charge in [-0.2, -0.15) is 0 Å². The topological polar surface area (TPSA) is 114 Å². The molecular weight excluding hydrogens is 382 g/mol. The Morgan fingerprint density at radius 2 is 2.00 bits per heavy atom. The van der Waals surface area contributed by atoms with E-state index in [4.69, 9.17) is 15.9 Å². The van der Waals surface area contributed by atoms with E-state index in [1.807, 2.05) is 24.3 Å². The molecule has 3 N–H and O–H groups in total. The number of methoxy groups -OCH3 is 1. The number of ether oxygens (including phenoxy) is 2. The van der Waals surface area contributed by atoms with E-state index < -0.39 is 0 Å². The van der Waals surface area contributed by atoms with Crippen molar-refractivity contribution in [3.8, 4) is 11.3 Å². The van der Waals surface area contributed by atoms with E-state index in [0.717, 1.165) is 36.5 Å². The van der Waals surface area contributed by atoms with Crippen molar-refractivity contribution in [2.24, 2.45) is 5.73 Å². The summed E-state index contributed by atoms with van der Waals surface area (Å²) in [5.41, 5.74) is 7.82. The molecule has 1 aliphatic rings. The number of hydrogen-bond acceptors (Lipinski definition) is 7. The summed E-state index contributed by atoms with van der Waals surface area (Å²) in [4.78, 5) is 13.3. The highest BCUT2D eigenvalue weighted by Gasteiger charge is 2.22. The molecule has 150 valence electrons. The molecule has 0 radical (unpaired) electrons. The molecule has 2 aromatic rings. The molecule has 0 saturated carbocycles. The van der Waals surface area contributed by atoms with Gasteiger partial charge in [0.2, 0.25) is 0 Å². The van der Waals surface area contributed by atoms with Crippen molar-refractivity contribution in [1.29, 1.82) is 5.41 Å². The van der Waals surface area contributed by atoms with Crippen molar-refractivity contribution < 1.29 is 14.3 Å². The summed E-state index contributed by atoms with van der Waals surface area (Å²) in [7, 11) is 1.35. The van der Waals surface area contributed by atoms with E-state index in [1.165, 1.54) is 7.11 Å². The molecule has 1 atom stereocenters. The monoisotopic (exact) mass is 405 g/mol. The lowest BCUT2D eigenvalue weighted by Crippen LogP contribution is -2.41. The molecule has 3 rings (SSSR count). The predicted molar refractivity (Wildman–Crippen MR) is 109 cm³/mol. The molecule has 0 spiro atoms. The van der Waals surface area contributed by atoms with Gasteiger partial charge in [-0.25, -0.2) is 4.79 Å². The van der Waals surface area contributed by atoms with Crippen LogP contribution in [0.5, 0.6) is 0 Å². The fraction of sp³-hybridized carbons (Fsp3) is 0.368. The molecular formula is C19H24ClN5O3. The molecule has 28 heavy (non-hydrogen) atoms. The number of benzene rings is 1. The van der Waals surface area contributed by atoms with Gasteiger partial charge in [-0.05, 0) is 25.0 Å². The summed E-state index contributed by atoms with van der Waals surface area (Å²) < 4.78 is 10.2. The second-order valence-electron chi connectivity index (χ2n) is 6.37. The molecule has 1 saturated heterocycles. The van der Waals surface area contributed by atoms with Crippen LogP contribution in [-0.2, 0) is 14.3 Å². The molecule has 0 aliphatic carbocycles. The molecule has 0 amide bonds.